The molecule has 7 heteroatoms. The highest BCUT2D eigenvalue weighted by atomic mass is 35.5. The van der Waals surface area contributed by atoms with E-state index in [9.17, 15) is 4.79 Å². The van der Waals surface area contributed by atoms with Crippen molar-refractivity contribution >= 4 is 35.0 Å². The van der Waals surface area contributed by atoms with Crippen LogP contribution in [0.25, 0.3) is 0 Å². The number of piperidine rings is 1. The molecule has 30 heavy (non-hydrogen) atoms. The van der Waals surface area contributed by atoms with Crippen LogP contribution in [0.1, 0.15) is 29.6 Å². The van der Waals surface area contributed by atoms with E-state index in [1.807, 2.05) is 35.2 Å². The van der Waals surface area contributed by atoms with E-state index in [-0.39, 0.29) is 5.91 Å². The smallest absolute Gasteiger partial charge is 0.255 e. The Bertz CT molecular complexity index is 833. The Morgan fingerprint density at radius 1 is 1.00 bits per heavy atom. The lowest BCUT2D eigenvalue weighted by molar-refractivity contribution is 0.0746. The van der Waals surface area contributed by atoms with Crippen molar-refractivity contribution in [1.29, 1.82) is 0 Å². The first kappa shape index (κ1) is 21.5. The Hall–Kier alpha value is -1.76. The molecule has 0 aliphatic carbocycles. The fourth-order valence-electron chi connectivity index (χ4n) is 4.08. The molecular weight excluding hydrogens is 416 g/mol. The maximum atomic E-state index is 12.9. The van der Waals surface area contributed by atoms with Crippen molar-refractivity contribution in [2.45, 2.75) is 24.3 Å². The van der Waals surface area contributed by atoms with Gasteiger partial charge in [-0.25, -0.2) is 4.98 Å². The van der Waals surface area contributed by atoms with Gasteiger partial charge in [-0.3, -0.25) is 4.79 Å². The summed E-state index contributed by atoms with van der Waals surface area (Å²) in [5.41, 5.74) is 1.79. The maximum Gasteiger partial charge on any atom is 0.255 e. The average molecular weight is 445 g/mol. The van der Waals surface area contributed by atoms with Crippen molar-refractivity contribution in [2.24, 2.45) is 0 Å². The first-order valence-electron chi connectivity index (χ1n) is 10.8. The van der Waals surface area contributed by atoms with Crippen LogP contribution >= 0.6 is 23.4 Å². The Balaban J connectivity index is 1.24. The molecule has 5 nitrogen and oxygen atoms in total. The number of anilines is 1. The quantitative estimate of drug-likeness (QED) is 0.622. The molecule has 0 bridgehead atoms. The highest BCUT2D eigenvalue weighted by molar-refractivity contribution is 7.99. The van der Waals surface area contributed by atoms with E-state index in [4.69, 9.17) is 11.6 Å². The number of hydrogen-bond acceptors (Lipinski definition) is 5. The van der Waals surface area contributed by atoms with Gasteiger partial charge in [0.25, 0.3) is 5.91 Å². The summed E-state index contributed by atoms with van der Waals surface area (Å²) in [7, 11) is 0. The van der Waals surface area contributed by atoms with Crippen LogP contribution in [0.5, 0.6) is 0 Å². The van der Waals surface area contributed by atoms with E-state index in [1.165, 1.54) is 32.4 Å². The van der Waals surface area contributed by atoms with E-state index in [0.29, 0.717) is 18.7 Å². The van der Waals surface area contributed by atoms with Crippen molar-refractivity contribution in [3.8, 4) is 0 Å². The van der Waals surface area contributed by atoms with Gasteiger partial charge in [0.2, 0.25) is 0 Å². The Kier molecular flexibility index (Phi) is 7.52. The number of halogens is 1. The van der Waals surface area contributed by atoms with Gasteiger partial charge in [0, 0.05) is 55.4 Å². The van der Waals surface area contributed by atoms with Crippen LogP contribution in [-0.4, -0.2) is 72.3 Å². The van der Waals surface area contributed by atoms with Crippen LogP contribution in [0.2, 0.25) is 5.02 Å². The van der Waals surface area contributed by atoms with E-state index < -0.39 is 0 Å². The van der Waals surface area contributed by atoms with Gasteiger partial charge in [-0.2, -0.15) is 0 Å². The summed E-state index contributed by atoms with van der Waals surface area (Å²) in [6.07, 6.45) is 5.76. The number of piperazine rings is 1. The van der Waals surface area contributed by atoms with E-state index >= 15 is 0 Å². The SMILES string of the molecule is O=C(c1ccc(SCCN2CCCCC2)nc1)N1CCN(c2cccc(Cl)c2)CC1. The van der Waals surface area contributed by atoms with Crippen molar-refractivity contribution in [1.82, 2.24) is 14.8 Å². The summed E-state index contributed by atoms with van der Waals surface area (Å²) < 4.78 is 0. The van der Waals surface area contributed by atoms with Crippen molar-refractivity contribution < 1.29 is 4.79 Å². The van der Waals surface area contributed by atoms with Gasteiger partial charge >= 0.3 is 0 Å². The molecule has 1 aromatic carbocycles. The molecule has 0 atom stereocenters. The van der Waals surface area contributed by atoms with Crippen molar-refractivity contribution in [3.05, 3.63) is 53.2 Å². The molecule has 0 saturated carbocycles. The fraction of sp³-hybridized carbons (Fsp3) is 0.478. The van der Waals surface area contributed by atoms with Crippen LogP contribution in [0, 0.1) is 0 Å². The van der Waals surface area contributed by atoms with E-state index in [1.54, 1.807) is 18.0 Å². The van der Waals surface area contributed by atoms with Crippen LogP contribution in [-0.2, 0) is 0 Å². The molecular formula is C23H29ClN4OS. The van der Waals surface area contributed by atoms with Gasteiger partial charge in [0.05, 0.1) is 10.6 Å². The summed E-state index contributed by atoms with van der Waals surface area (Å²) in [4.78, 5) is 24.1. The standard InChI is InChI=1S/C23H29ClN4OS/c24-20-5-4-6-21(17-20)27-11-13-28(14-12-27)23(29)19-7-8-22(25-18-19)30-16-15-26-9-2-1-3-10-26/h4-8,17-18H,1-3,9-16H2. The zero-order chi connectivity index (χ0) is 20.8. The van der Waals surface area contributed by atoms with Gasteiger partial charge in [0.15, 0.2) is 0 Å². The lowest BCUT2D eigenvalue weighted by Crippen LogP contribution is -2.48. The van der Waals surface area contributed by atoms with Crippen LogP contribution in [0.15, 0.2) is 47.6 Å². The number of benzene rings is 1. The minimum Gasteiger partial charge on any atom is -0.368 e. The number of pyridine rings is 1. The third-order valence-electron chi connectivity index (χ3n) is 5.83. The Morgan fingerprint density at radius 2 is 1.80 bits per heavy atom. The largest absolute Gasteiger partial charge is 0.368 e. The maximum absolute atomic E-state index is 12.9. The summed E-state index contributed by atoms with van der Waals surface area (Å²) in [5.74, 6) is 1.12. The number of aromatic nitrogens is 1. The average Bonchev–Trinajstić information content (AvgIpc) is 2.80. The summed E-state index contributed by atoms with van der Waals surface area (Å²) >= 11 is 7.88. The van der Waals surface area contributed by atoms with Crippen LogP contribution in [0.3, 0.4) is 0 Å². The van der Waals surface area contributed by atoms with Gasteiger partial charge < -0.3 is 14.7 Å². The number of carbonyl (C=O) groups excluding carboxylic acids is 1. The predicted octanol–water partition coefficient (Wildman–Crippen LogP) is 4.28. The molecule has 2 fully saturated rings. The molecule has 1 aromatic heterocycles. The number of rotatable bonds is 6. The minimum atomic E-state index is 0.0677. The number of likely N-dealkylation sites (tertiary alicyclic amines) is 1. The zero-order valence-corrected chi connectivity index (χ0v) is 18.9. The summed E-state index contributed by atoms with van der Waals surface area (Å²) in [6.45, 7) is 6.60. The molecule has 0 N–H and O–H groups in total. The summed E-state index contributed by atoms with van der Waals surface area (Å²) in [6, 6.07) is 11.8. The lowest BCUT2D eigenvalue weighted by Gasteiger charge is -2.36. The molecule has 160 valence electrons. The predicted molar refractivity (Wildman–Crippen MR) is 125 cm³/mol. The van der Waals surface area contributed by atoms with Gasteiger partial charge in [-0.15, -0.1) is 11.8 Å². The molecule has 2 aliphatic heterocycles. The fourth-order valence-corrected chi connectivity index (χ4v) is 5.11. The molecule has 2 aliphatic rings. The van der Waals surface area contributed by atoms with Crippen LogP contribution in [0.4, 0.5) is 5.69 Å². The Labute approximate surface area is 188 Å². The molecule has 4 rings (SSSR count). The number of amides is 1. The van der Waals surface area contributed by atoms with E-state index in [0.717, 1.165) is 41.1 Å². The van der Waals surface area contributed by atoms with Crippen molar-refractivity contribution in [3.63, 3.8) is 0 Å². The van der Waals surface area contributed by atoms with Gasteiger partial charge in [-0.1, -0.05) is 24.1 Å². The molecule has 0 spiro atoms. The van der Waals surface area contributed by atoms with E-state index in [2.05, 4.69) is 20.9 Å². The number of carbonyl (C=O) groups is 1. The third kappa shape index (κ3) is 5.68. The monoisotopic (exact) mass is 444 g/mol. The Morgan fingerprint density at radius 3 is 2.50 bits per heavy atom. The first-order chi connectivity index (χ1) is 14.7. The van der Waals surface area contributed by atoms with Gasteiger partial charge in [0.1, 0.15) is 0 Å². The third-order valence-corrected chi connectivity index (χ3v) is 6.99. The normalized spacial score (nSPS) is 17.9. The molecule has 0 unspecified atom stereocenters. The second kappa shape index (κ2) is 10.5. The number of hydrogen-bond donors (Lipinski definition) is 0. The highest BCUT2D eigenvalue weighted by Crippen LogP contribution is 2.22. The second-order valence-corrected chi connectivity index (χ2v) is 9.45. The minimum absolute atomic E-state index is 0.0677. The first-order valence-corrected chi connectivity index (χ1v) is 12.2. The second-order valence-electron chi connectivity index (χ2n) is 7.89. The van der Waals surface area contributed by atoms with Crippen LogP contribution < -0.4 is 4.90 Å². The van der Waals surface area contributed by atoms with Gasteiger partial charge in [-0.05, 0) is 56.3 Å². The lowest BCUT2D eigenvalue weighted by atomic mass is 10.1. The van der Waals surface area contributed by atoms with Crippen molar-refractivity contribution in [2.75, 3.05) is 56.5 Å². The molecule has 1 amide bonds. The molecule has 3 heterocycles. The number of thioether (sulfide) groups is 1. The topological polar surface area (TPSA) is 39.7 Å². The number of nitrogens with zero attached hydrogens (tertiary/aromatic N) is 4. The zero-order valence-electron chi connectivity index (χ0n) is 17.3. The summed E-state index contributed by atoms with van der Waals surface area (Å²) in [5, 5.41) is 1.74. The highest BCUT2D eigenvalue weighted by Gasteiger charge is 2.22. The molecule has 0 radical (unpaired) electrons. The molecule has 2 aromatic rings. The molecule has 2 saturated heterocycles.